The third-order valence-corrected chi connectivity index (χ3v) is 9.51. The lowest BCUT2D eigenvalue weighted by molar-refractivity contribution is 0.129. The highest BCUT2D eigenvalue weighted by molar-refractivity contribution is 7.89. The third kappa shape index (κ3) is 6.74. The van der Waals surface area contributed by atoms with Crippen LogP contribution in [0.15, 0.2) is 47.5 Å². The Morgan fingerprint density at radius 1 is 1.12 bits per heavy atom. The van der Waals surface area contributed by atoms with Gasteiger partial charge in [-0.2, -0.15) is 9.29 Å². The quantitative estimate of drug-likeness (QED) is 0.289. The Hall–Kier alpha value is -3.00. The van der Waals surface area contributed by atoms with Gasteiger partial charge < -0.3 is 30.5 Å². The number of rotatable bonds is 9. The number of nitrogens with one attached hydrogen (secondary N) is 2. The Bertz CT molecular complexity index is 1510. The number of para-hydroxylation sites is 1. The maximum atomic E-state index is 13.3. The molecule has 2 aliphatic rings. The number of hydrogen-bond acceptors (Lipinski definition) is 10. The van der Waals surface area contributed by atoms with Gasteiger partial charge in [0.2, 0.25) is 16.0 Å². The number of hydrogen-bond donors (Lipinski definition) is 4. The summed E-state index contributed by atoms with van der Waals surface area (Å²) in [6.45, 7) is 4.44. The van der Waals surface area contributed by atoms with Crippen molar-refractivity contribution < 1.29 is 23.4 Å². The molecule has 0 unspecified atom stereocenters. The van der Waals surface area contributed by atoms with E-state index in [9.17, 15) is 18.6 Å². The number of methoxy groups -OCH3 is 1. The average Bonchev–Trinajstić information content (AvgIpc) is 3.30. The molecule has 3 heterocycles. The Kier molecular flexibility index (Phi) is 8.97. The van der Waals surface area contributed by atoms with Crippen molar-refractivity contribution in [3.8, 4) is 5.75 Å². The van der Waals surface area contributed by atoms with Gasteiger partial charge in [-0.3, -0.25) is 0 Å². The van der Waals surface area contributed by atoms with Crippen LogP contribution in [-0.2, 0) is 22.9 Å². The second-order valence-corrected chi connectivity index (χ2v) is 12.7. The van der Waals surface area contributed by atoms with Gasteiger partial charge in [0.25, 0.3) is 0 Å². The van der Waals surface area contributed by atoms with Gasteiger partial charge in [-0.15, -0.1) is 0 Å². The second kappa shape index (κ2) is 12.5. The molecule has 0 spiro atoms. The number of aliphatic hydroxyl groups excluding tert-OH is 2. The molecular formula is C28H35ClN6O5S. The van der Waals surface area contributed by atoms with Crippen LogP contribution in [-0.4, -0.2) is 89.8 Å². The number of halogens is 1. The summed E-state index contributed by atoms with van der Waals surface area (Å²) in [5, 5.41) is 26.2. The molecule has 0 saturated carbocycles. The lowest BCUT2D eigenvalue weighted by Gasteiger charge is -2.20. The summed E-state index contributed by atoms with van der Waals surface area (Å²) >= 11 is 6.43. The predicted molar refractivity (Wildman–Crippen MR) is 158 cm³/mol. The van der Waals surface area contributed by atoms with E-state index in [0.29, 0.717) is 30.1 Å². The summed E-state index contributed by atoms with van der Waals surface area (Å²) < 4.78 is 33.6. The molecule has 2 atom stereocenters. The van der Waals surface area contributed by atoms with Crippen molar-refractivity contribution in [1.82, 2.24) is 19.2 Å². The van der Waals surface area contributed by atoms with E-state index in [1.165, 1.54) is 27.7 Å². The van der Waals surface area contributed by atoms with Gasteiger partial charge in [-0.05, 0) is 61.6 Å². The minimum absolute atomic E-state index is 0.0558. The van der Waals surface area contributed by atoms with Crippen LogP contribution in [0.4, 0.5) is 23.1 Å². The lowest BCUT2D eigenvalue weighted by atomic mass is 10.0. The van der Waals surface area contributed by atoms with Crippen molar-refractivity contribution in [2.45, 2.75) is 43.3 Å². The van der Waals surface area contributed by atoms with E-state index in [4.69, 9.17) is 16.3 Å². The van der Waals surface area contributed by atoms with E-state index in [1.807, 2.05) is 12.1 Å². The highest BCUT2D eigenvalue weighted by Crippen LogP contribution is 2.34. The number of benzene rings is 2. The molecule has 11 nitrogen and oxygen atoms in total. The number of aliphatic hydroxyl groups is 2. The summed E-state index contributed by atoms with van der Waals surface area (Å²) in [6, 6.07) is 10.6. The van der Waals surface area contributed by atoms with E-state index in [1.54, 1.807) is 32.2 Å². The largest absolute Gasteiger partial charge is 0.495 e. The number of β-amino-alcohol motifs (C(OH)–C–C–N with tert-alkyl or cyclic N) is 2. The highest BCUT2D eigenvalue weighted by atomic mass is 35.5. The minimum Gasteiger partial charge on any atom is -0.495 e. The predicted octanol–water partition coefficient (Wildman–Crippen LogP) is 3.16. The average molecular weight is 603 g/mol. The minimum atomic E-state index is -3.85. The zero-order valence-electron chi connectivity index (χ0n) is 23.0. The molecule has 0 bridgehead atoms. The molecule has 5 rings (SSSR count). The van der Waals surface area contributed by atoms with Crippen LogP contribution in [0.2, 0.25) is 5.02 Å². The fourth-order valence-electron chi connectivity index (χ4n) is 5.25. The molecule has 1 fully saturated rings. The van der Waals surface area contributed by atoms with Crippen molar-refractivity contribution in [2.75, 3.05) is 50.5 Å². The molecule has 2 aliphatic heterocycles. The van der Waals surface area contributed by atoms with Crippen LogP contribution in [0.25, 0.3) is 0 Å². The highest BCUT2D eigenvalue weighted by Gasteiger charge is 2.33. The fraction of sp³-hybridized carbons (Fsp3) is 0.429. The van der Waals surface area contributed by atoms with Crippen LogP contribution in [0.3, 0.4) is 0 Å². The molecule has 1 saturated heterocycles. The second-order valence-electron chi connectivity index (χ2n) is 10.4. The van der Waals surface area contributed by atoms with Crippen LogP contribution in [0.5, 0.6) is 5.75 Å². The van der Waals surface area contributed by atoms with Crippen molar-refractivity contribution >= 4 is 44.8 Å². The molecular weight excluding hydrogens is 568 g/mol. The number of aromatic nitrogens is 2. The smallest absolute Gasteiger partial charge is 0.245 e. The van der Waals surface area contributed by atoms with E-state index < -0.39 is 16.1 Å². The Balaban J connectivity index is 1.39. The van der Waals surface area contributed by atoms with Crippen molar-refractivity contribution in [1.29, 1.82) is 0 Å². The van der Waals surface area contributed by atoms with Gasteiger partial charge in [0, 0.05) is 32.7 Å². The number of anilines is 4. The monoisotopic (exact) mass is 602 g/mol. The number of sulfonamides is 1. The number of fused-ring (bicyclic) bond motifs is 1. The van der Waals surface area contributed by atoms with Crippen molar-refractivity contribution in [2.24, 2.45) is 0 Å². The first-order valence-electron chi connectivity index (χ1n) is 13.6. The number of ether oxygens (including phenoxy) is 1. The van der Waals surface area contributed by atoms with Gasteiger partial charge in [-0.1, -0.05) is 23.7 Å². The summed E-state index contributed by atoms with van der Waals surface area (Å²) in [5.41, 5.74) is 3.38. The van der Waals surface area contributed by atoms with Gasteiger partial charge in [0.1, 0.15) is 15.7 Å². The molecule has 41 heavy (non-hydrogen) atoms. The third-order valence-electron chi connectivity index (χ3n) is 7.31. The SMILES string of the molecule is COc1cc2c(cc1Nc1ncc(Cl)c(Nc3ccccc3S(=O)(=O)N3CC[C@@H](O)C3)n1)CCN(C[C@H](C)O)CC2. The molecule has 0 aliphatic carbocycles. The molecule has 1 aromatic heterocycles. The van der Waals surface area contributed by atoms with Crippen molar-refractivity contribution in [3.05, 3.63) is 58.7 Å². The summed E-state index contributed by atoms with van der Waals surface area (Å²) in [4.78, 5) is 11.2. The topological polar surface area (TPSA) is 140 Å². The first-order chi connectivity index (χ1) is 19.6. The molecule has 4 N–H and O–H groups in total. The van der Waals surface area contributed by atoms with Crippen LogP contribution >= 0.6 is 11.6 Å². The zero-order valence-corrected chi connectivity index (χ0v) is 24.6. The first kappa shape index (κ1) is 29.5. The van der Waals surface area contributed by atoms with E-state index in [2.05, 4.69) is 25.5 Å². The maximum absolute atomic E-state index is 13.3. The fourth-order valence-corrected chi connectivity index (χ4v) is 7.03. The molecule has 13 heteroatoms. The van der Waals surface area contributed by atoms with Gasteiger partial charge in [0.05, 0.1) is 36.9 Å². The standard InChI is InChI=1S/C28H35ClN6O5S/c1-18(36)16-34-10-7-19-13-24(25(40-2)14-20(19)8-11-34)32-28-30-15-22(29)27(33-28)31-23-5-3-4-6-26(23)41(38,39)35-12-9-21(37)17-35/h3-6,13-15,18,21,36-37H,7-12,16-17H2,1-2H3,(H2,30,31,32,33)/t18-,21+/m0/s1. The van der Waals surface area contributed by atoms with Crippen molar-refractivity contribution in [3.63, 3.8) is 0 Å². The Labute approximate surface area is 245 Å². The molecule has 3 aromatic rings. The molecule has 0 amide bonds. The van der Waals surface area contributed by atoms with Crippen LogP contribution < -0.4 is 15.4 Å². The number of nitrogens with zero attached hydrogens (tertiary/aromatic N) is 4. The van der Waals surface area contributed by atoms with E-state index in [0.717, 1.165) is 25.9 Å². The summed E-state index contributed by atoms with van der Waals surface area (Å²) in [7, 11) is -2.24. The summed E-state index contributed by atoms with van der Waals surface area (Å²) in [6.07, 6.45) is 2.46. The first-order valence-corrected chi connectivity index (χ1v) is 15.4. The molecule has 2 aromatic carbocycles. The van der Waals surface area contributed by atoms with E-state index in [-0.39, 0.29) is 40.9 Å². The van der Waals surface area contributed by atoms with Crippen LogP contribution in [0.1, 0.15) is 24.5 Å². The Morgan fingerprint density at radius 2 is 1.85 bits per heavy atom. The van der Waals surface area contributed by atoms with Gasteiger partial charge >= 0.3 is 0 Å². The van der Waals surface area contributed by atoms with E-state index >= 15 is 0 Å². The summed E-state index contributed by atoms with van der Waals surface area (Å²) in [5.74, 6) is 1.13. The maximum Gasteiger partial charge on any atom is 0.245 e. The van der Waals surface area contributed by atoms with Crippen LogP contribution in [0, 0.1) is 0 Å². The normalized spacial score (nSPS) is 18.9. The zero-order chi connectivity index (χ0) is 29.1. The van der Waals surface area contributed by atoms with Gasteiger partial charge in [0.15, 0.2) is 5.82 Å². The van der Waals surface area contributed by atoms with Gasteiger partial charge in [-0.25, -0.2) is 13.4 Å². The molecule has 220 valence electrons. The lowest BCUT2D eigenvalue weighted by Crippen LogP contribution is -2.33. The molecule has 0 radical (unpaired) electrons. The Morgan fingerprint density at radius 3 is 2.54 bits per heavy atom.